The number of rotatable bonds is 9. The SMILES string of the molecule is COc1cc(OC)c2c(=O)c(OS(=O)(=O)c3cccc4cccnc34)c(-c3cc(OC)c(OC)c(OC)c3)oc2c1. The summed E-state index contributed by atoms with van der Waals surface area (Å²) in [5, 5.41) is 0.520. The molecule has 2 aromatic heterocycles. The van der Waals surface area contributed by atoms with E-state index in [0.717, 1.165) is 0 Å². The van der Waals surface area contributed by atoms with Gasteiger partial charge in [-0.25, -0.2) is 0 Å². The summed E-state index contributed by atoms with van der Waals surface area (Å²) in [5.74, 6) is 0.369. The van der Waals surface area contributed by atoms with Gasteiger partial charge in [0.05, 0.1) is 41.1 Å². The van der Waals surface area contributed by atoms with Crippen LogP contribution < -0.4 is 33.3 Å². The quantitative estimate of drug-likeness (QED) is 0.223. The first-order valence-electron chi connectivity index (χ1n) is 12.1. The summed E-state index contributed by atoms with van der Waals surface area (Å²) >= 11 is 0. The molecule has 0 amide bonds. The van der Waals surface area contributed by atoms with E-state index >= 15 is 0 Å². The number of pyridine rings is 1. The fourth-order valence-corrected chi connectivity index (χ4v) is 5.55. The van der Waals surface area contributed by atoms with Crippen LogP contribution in [0.2, 0.25) is 0 Å². The average molecular weight is 580 g/mol. The monoisotopic (exact) mass is 579 g/mol. The number of nitrogens with zero attached hydrogens (tertiary/aromatic N) is 1. The maximum absolute atomic E-state index is 14.0. The Bertz CT molecular complexity index is 1920. The normalized spacial score (nSPS) is 11.3. The molecule has 0 spiro atoms. The van der Waals surface area contributed by atoms with E-state index < -0.39 is 21.3 Å². The molecule has 0 aliphatic rings. The molecular weight excluding hydrogens is 554 g/mol. The molecule has 0 atom stereocenters. The van der Waals surface area contributed by atoms with Gasteiger partial charge in [-0.05, 0) is 24.3 Å². The minimum absolute atomic E-state index is 0.0502. The maximum Gasteiger partial charge on any atom is 0.341 e. The van der Waals surface area contributed by atoms with Gasteiger partial charge in [-0.2, -0.15) is 8.42 Å². The fourth-order valence-electron chi connectivity index (χ4n) is 4.43. The summed E-state index contributed by atoms with van der Waals surface area (Å²) in [6.45, 7) is 0. The third kappa shape index (κ3) is 4.82. The number of para-hydroxylation sites is 1. The van der Waals surface area contributed by atoms with Crippen LogP contribution in [0.15, 0.2) is 74.9 Å². The second kappa shape index (κ2) is 10.9. The van der Waals surface area contributed by atoms with Crippen molar-refractivity contribution < 1.29 is 40.7 Å². The van der Waals surface area contributed by atoms with Gasteiger partial charge in [-0.3, -0.25) is 9.78 Å². The van der Waals surface area contributed by atoms with Gasteiger partial charge in [-0.15, -0.1) is 0 Å². The van der Waals surface area contributed by atoms with Gasteiger partial charge in [-0.1, -0.05) is 18.2 Å². The van der Waals surface area contributed by atoms with Gasteiger partial charge in [0, 0.05) is 29.3 Å². The van der Waals surface area contributed by atoms with Crippen LogP contribution in [-0.2, 0) is 10.1 Å². The van der Waals surface area contributed by atoms with Crippen LogP contribution in [0.25, 0.3) is 33.2 Å². The van der Waals surface area contributed by atoms with Crippen LogP contribution in [0, 0.1) is 0 Å². The van der Waals surface area contributed by atoms with Crippen molar-refractivity contribution in [2.24, 2.45) is 0 Å². The van der Waals surface area contributed by atoms with E-state index in [0.29, 0.717) is 11.1 Å². The van der Waals surface area contributed by atoms with E-state index in [4.69, 9.17) is 32.3 Å². The standard InChI is InChI=1S/C29H25NO10S/c1-34-18-14-19(35-2)24-20(15-18)39-27(17-12-21(36-3)28(38-5)22(13-17)37-4)29(26(24)31)40-41(32,33)23-10-6-8-16-9-7-11-30-25(16)23/h6-15H,1-5H3. The lowest BCUT2D eigenvalue weighted by Crippen LogP contribution is -2.18. The number of hydrogen-bond donors (Lipinski definition) is 0. The van der Waals surface area contributed by atoms with Gasteiger partial charge in [0.2, 0.25) is 16.9 Å². The van der Waals surface area contributed by atoms with Crippen molar-refractivity contribution in [2.75, 3.05) is 35.5 Å². The van der Waals surface area contributed by atoms with Crippen LogP contribution in [0.3, 0.4) is 0 Å². The van der Waals surface area contributed by atoms with Gasteiger partial charge < -0.3 is 32.3 Å². The predicted octanol–water partition coefficient (Wildman–Crippen LogP) is 4.82. The zero-order chi connectivity index (χ0) is 29.3. The van der Waals surface area contributed by atoms with Crippen LogP contribution in [0.1, 0.15) is 0 Å². The highest BCUT2D eigenvalue weighted by Gasteiger charge is 2.29. The molecule has 0 aliphatic heterocycles. The molecule has 2 heterocycles. The Labute approximate surface area is 234 Å². The molecule has 0 N–H and O–H groups in total. The zero-order valence-corrected chi connectivity index (χ0v) is 23.5. The molecule has 0 bridgehead atoms. The molecule has 0 saturated heterocycles. The molecule has 3 aromatic carbocycles. The van der Waals surface area contributed by atoms with Crippen molar-refractivity contribution in [3.8, 4) is 45.8 Å². The van der Waals surface area contributed by atoms with Crippen LogP contribution in [0.5, 0.6) is 34.5 Å². The lowest BCUT2D eigenvalue weighted by Gasteiger charge is -2.17. The molecule has 0 unspecified atom stereocenters. The Kier molecular flexibility index (Phi) is 7.33. The van der Waals surface area contributed by atoms with E-state index in [1.54, 1.807) is 24.3 Å². The Hall–Kier alpha value is -4.97. The van der Waals surface area contributed by atoms with Gasteiger partial charge >= 0.3 is 10.1 Å². The minimum atomic E-state index is -4.61. The number of ether oxygens (including phenoxy) is 5. The first-order valence-corrected chi connectivity index (χ1v) is 13.5. The van der Waals surface area contributed by atoms with Crippen LogP contribution in [0.4, 0.5) is 0 Å². The van der Waals surface area contributed by atoms with Crippen molar-refractivity contribution in [1.29, 1.82) is 0 Å². The highest BCUT2D eigenvalue weighted by Crippen LogP contribution is 2.44. The number of aromatic nitrogens is 1. The molecule has 0 saturated carbocycles. The summed E-state index contributed by atoms with van der Waals surface area (Å²) in [4.78, 5) is 18.0. The number of methoxy groups -OCH3 is 5. The van der Waals surface area contributed by atoms with Gasteiger partial charge in [0.25, 0.3) is 0 Å². The molecule has 12 heteroatoms. The van der Waals surface area contributed by atoms with E-state index in [1.807, 2.05) is 0 Å². The molecule has 0 radical (unpaired) electrons. The van der Waals surface area contributed by atoms with Crippen molar-refractivity contribution in [3.05, 3.63) is 71.0 Å². The van der Waals surface area contributed by atoms with E-state index in [9.17, 15) is 13.2 Å². The Morgan fingerprint density at radius 2 is 1.44 bits per heavy atom. The molecule has 5 aromatic rings. The Morgan fingerprint density at radius 3 is 2.07 bits per heavy atom. The molecular formula is C29H25NO10S. The van der Waals surface area contributed by atoms with Crippen molar-refractivity contribution >= 4 is 32.0 Å². The van der Waals surface area contributed by atoms with E-state index in [-0.39, 0.29) is 55.7 Å². The predicted molar refractivity (Wildman–Crippen MR) is 150 cm³/mol. The summed E-state index contributed by atoms with van der Waals surface area (Å²) in [6, 6.07) is 14.0. The largest absolute Gasteiger partial charge is 0.496 e. The molecule has 11 nitrogen and oxygen atoms in total. The number of fused-ring (bicyclic) bond motifs is 2. The fraction of sp³-hybridized carbons (Fsp3) is 0.172. The van der Waals surface area contributed by atoms with Crippen molar-refractivity contribution in [3.63, 3.8) is 0 Å². The lowest BCUT2D eigenvalue weighted by atomic mass is 10.1. The average Bonchev–Trinajstić information content (AvgIpc) is 3.00. The third-order valence-corrected chi connectivity index (χ3v) is 7.59. The number of hydrogen-bond acceptors (Lipinski definition) is 11. The second-order valence-corrected chi connectivity index (χ2v) is 10.1. The van der Waals surface area contributed by atoms with Crippen molar-refractivity contribution in [2.45, 2.75) is 4.90 Å². The van der Waals surface area contributed by atoms with Crippen LogP contribution in [-0.4, -0.2) is 49.0 Å². The van der Waals surface area contributed by atoms with Gasteiger partial charge in [0.1, 0.15) is 27.4 Å². The zero-order valence-electron chi connectivity index (χ0n) is 22.7. The molecule has 0 fully saturated rings. The highest BCUT2D eigenvalue weighted by molar-refractivity contribution is 7.87. The highest BCUT2D eigenvalue weighted by atomic mass is 32.2. The summed E-state index contributed by atoms with van der Waals surface area (Å²) in [7, 11) is 2.47. The Morgan fingerprint density at radius 1 is 0.756 bits per heavy atom. The molecule has 212 valence electrons. The lowest BCUT2D eigenvalue weighted by molar-refractivity contribution is 0.324. The molecule has 5 rings (SSSR count). The van der Waals surface area contributed by atoms with E-state index in [1.165, 1.54) is 72.1 Å². The Balaban J connectivity index is 1.84. The third-order valence-electron chi connectivity index (χ3n) is 6.33. The summed E-state index contributed by atoms with van der Waals surface area (Å²) in [5.41, 5.74) is -0.351. The smallest absolute Gasteiger partial charge is 0.341 e. The topological polar surface area (TPSA) is 133 Å². The molecule has 0 aliphatic carbocycles. The van der Waals surface area contributed by atoms with E-state index in [2.05, 4.69) is 4.98 Å². The summed E-state index contributed by atoms with van der Waals surface area (Å²) < 4.78 is 66.3. The second-order valence-electron chi connectivity index (χ2n) is 8.57. The first-order chi connectivity index (χ1) is 19.8. The summed E-state index contributed by atoms with van der Waals surface area (Å²) in [6.07, 6.45) is 1.46. The van der Waals surface area contributed by atoms with Gasteiger partial charge in [0.15, 0.2) is 17.3 Å². The maximum atomic E-state index is 14.0. The number of benzene rings is 3. The van der Waals surface area contributed by atoms with Crippen LogP contribution >= 0.6 is 0 Å². The minimum Gasteiger partial charge on any atom is -0.496 e. The van der Waals surface area contributed by atoms with Crippen molar-refractivity contribution in [1.82, 2.24) is 4.98 Å². The first kappa shape index (κ1) is 27.6. The molecule has 41 heavy (non-hydrogen) atoms.